The van der Waals surface area contributed by atoms with Gasteiger partial charge in [0.15, 0.2) is 9.84 Å². The van der Waals surface area contributed by atoms with E-state index in [-0.39, 0.29) is 29.5 Å². The predicted molar refractivity (Wildman–Crippen MR) is 81.4 cm³/mol. The lowest BCUT2D eigenvalue weighted by Crippen LogP contribution is -2.44. The summed E-state index contributed by atoms with van der Waals surface area (Å²) in [5, 5.41) is 3.23. The third kappa shape index (κ3) is 5.40. The minimum absolute atomic E-state index is 0.0778. The fourth-order valence-corrected chi connectivity index (χ4v) is 4.39. The highest BCUT2D eigenvalue weighted by Crippen LogP contribution is 2.19. The van der Waals surface area contributed by atoms with Gasteiger partial charge >= 0.3 is 0 Å². The first-order valence-electron chi connectivity index (χ1n) is 7.62. The number of sulfone groups is 1. The molecule has 2 atom stereocenters. The van der Waals surface area contributed by atoms with Gasteiger partial charge in [0.25, 0.3) is 0 Å². The Morgan fingerprint density at radius 3 is 2.60 bits per heavy atom. The van der Waals surface area contributed by atoms with Crippen LogP contribution in [0.3, 0.4) is 0 Å². The van der Waals surface area contributed by atoms with Crippen molar-refractivity contribution in [3.63, 3.8) is 0 Å². The number of rotatable bonds is 8. The minimum Gasteiger partial charge on any atom is -0.339 e. The average Bonchev–Trinajstić information content (AvgIpc) is 2.70. The molecule has 0 aromatic heterocycles. The molecular formula is C14H28N2O3S. The normalized spacial score (nSPS) is 22.6. The number of nitrogens with zero attached hydrogens (tertiary/aromatic N) is 1. The lowest BCUT2D eigenvalue weighted by molar-refractivity contribution is -0.133. The molecule has 0 spiro atoms. The molecule has 6 heteroatoms. The van der Waals surface area contributed by atoms with Crippen molar-refractivity contribution in [1.82, 2.24) is 10.2 Å². The number of carbonyl (C=O) groups is 1. The van der Waals surface area contributed by atoms with E-state index < -0.39 is 9.84 Å². The Hall–Kier alpha value is -0.620. The van der Waals surface area contributed by atoms with Crippen LogP contribution in [0.4, 0.5) is 0 Å². The Balaban J connectivity index is 2.66. The van der Waals surface area contributed by atoms with Gasteiger partial charge in [-0.15, -0.1) is 0 Å². The summed E-state index contributed by atoms with van der Waals surface area (Å²) in [6.07, 6.45) is 2.96. The van der Waals surface area contributed by atoms with Crippen LogP contribution in [0.5, 0.6) is 0 Å². The van der Waals surface area contributed by atoms with E-state index in [0.29, 0.717) is 19.4 Å². The van der Waals surface area contributed by atoms with Crippen molar-refractivity contribution in [3.8, 4) is 0 Å². The smallest absolute Gasteiger partial charge is 0.224 e. The topological polar surface area (TPSA) is 66.5 Å². The van der Waals surface area contributed by atoms with E-state index in [1.54, 1.807) is 0 Å². The summed E-state index contributed by atoms with van der Waals surface area (Å²) in [6, 6.07) is 0.0162. The van der Waals surface area contributed by atoms with Gasteiger partial charge in [-0.3, -0.25) is 4.79 Å². The van der Waals surface area contributed by atoms with E-state index in [4.69, 9.17) is 0 Å². The predicted octanol–water partition coefficient (Wildman–Crippen LogP) is 1.19. The molecule has 0 saturated carbocycles. The lowest BCUT2D eigenvalue weighted by atomic mass is 10.1. The van der Waals surface area contributed by atoms with E-state index in [0.717, 1.165) is 19.4 Å². The molecule has 5 nitrogen and oxygen atoms in total. The standard InChI is InChI=1S/C14H28N2O3S/c1-4-6-8-16(13-7-9-20(18,19)11-13)14(17)10-12(3)15-5-2/h12-13,15H,4-11H2,1-3H3. The van der Waals surface area contributed by atoms with E-state index >= 15 is 0 Å². The Labute approximate surface area is 123 Å². The van der Waals surface area contributed by atoms with Crippen molar-refractivity contribution >= 4 is 15.7 Å². The molecule has 1 rings (SSSR count). The Morgan fingerprint density at radius 1 is 1.40 bits per heavy atom. The first kappa shape index (κ1) is 17.4. The fourth-order valence-electron chi connectivity index (χ4n) is 2.66. The van der Waals surface area contributed by atoms with Crippen LogP contribution in [0.25, 0.3) is 0 Å². The molecule has 1 heterocycles. The summed E-state index contributed by atoms with van der Waals surface area (Å²) in [5.74, 6) is 0.433. The van der Waals surface area contributed by atoms with Gasteiger partial charge in [0.2, 0.25) is 5.91 Å². The monoisotopic (exact) mass is 304 g/mol. The first-order valence-corrected chi connectivity index (χ1v) is 9.45. The minimum atomic E-state index is -2.95. The molecule has 20 heavy (non-hydrogen) atoms. The van der Waals surface area contributed by atoms with Crippen LogP contribution in [-0.2, 0) is 14.6 Å². The average molecular weight is 304 g/mol. The highest BCUT2D eigenvalue weighted by molar-refractivity contribution is 7.91. The first-order chi connectivity index (χ1) is 9.39. The second kappa shape index (κ2) is 7.98. The lowest BCUT2D eigenvalue weighted by Gasteiger charge is -2.29. The van der Waals surface area contributed by atoms with Crippen molar-refractivity contribution in [2.24, 2.45) is 0 Å². The molecule has 0 radical (unpaired) electrons. The zero-order valence-electron chi connectivity index (χ0n) is 12.9. The number of nitrogens with one attached hydrogen (secondary N) is 1. The zero-order chi connectivity index (χ0) is 15.2. The summed E-state index contributed by atoms with van der Waals surface area (Å²) >= 11 is 0. The van der Waals surface area contributed by atoms with Crippen molar-refractivity contribution in [2.45, 2.75) is 58.5 Å². The number of hydrogen-bond acceptors (Lipinski definition) is 4. The Bertz CT molecular complexity index is 409. The molecular weight excluding hydrogens is 276 g/mol. The van der Waals surface area contributed by atoms with Gasteiger partial charge in [0, 0.05) is 25.0 Å². The van der Waals surface area contributed by atoms with Gasteiger partial charge < -0.3 is 10.2 Å². The van der Waals surface area contributed by atoms with Gasteiger partial charge in [-0.1, -0.05) is 20.3 Å². The Morgan fingerprint density at radius 2 is 2.10 bits per heavy atom. The van der Waals surface area contributed by atoms with Crippen LogP contribution < -0.4 is 5.32 Å². The van der Waals surface area contributed by atoms with Crippen molar-refractivity contribution < 1.29 is 13.2 Å². The van der Waals surface area contributed by atoms with Crippen LogP contribution in [0, 0.1) is 0 Å². The van der Waals surface area contributed by atoms with Gasteiger partial charge in [-0.05, 0) is 26.3 Å². The second-order valence-electron chi connectivity index (χ2n) is 5.66. The number of hydrogen-bond donors (Lipinski definition) is 1. The van der Waals surface area contributed by atoms with Gasteiger partial charge in [-0.2, -0.15) is 0 Å². The summed E-state index contributed by atoms with van der Waals surface area (Å²) in [7, 11) is -2.95. The Kier molecular flexibility index (Phi) is 6.95. The fraction of sp³-hybridized carbons (Fsp3) is 0.929. The number of amides is 1. The molecule has 2 unspecified atom stereocenters. The van der Waals surface area contributed by atoms with Crippen LogP contribution >= 0.6 is 0 Å². The summed E-state index contributed by atoms with van der Waals surface area (Å²) in [4.78, 5) is 14.2. The largest absolute Gasteiger partial charge is 0.339 e. The summed E-state index contributed by atoms with van der Waals surface area (Å²) in [5.41, 5.74) is 0. The third-order valence-electron chi connectivity index (χ3n) is 3.76. The van der Waals surface area contributed by atoms with Crippen molar-refractivity contribution in [1.29, 1.82) is 0 Å². The molecule has 1 N–H and O–H groups in total. The van der Waals surface area contributed by atoms with Crippen molar-refractivity contribution in [3.05, 3.63) is 0 Å². The maximum atomic E-state index is 12.4. The van der Waals surface area contributed by atoms with E-state index in [2.05, 4.69) is 12.2 Å². The molecule has 0 aromatic carbocycles. The van der Waals surface area contributed by atoms with Crippen molar-refractivity contribution in [2.75, 3.05) is 24.6 Å². The number of carbonyl (C=O) groups excluding carboxylic acids is 1. The molecule has 0 aliphatic carbocycles. The summed E-state index contributed by atoms with van der Waals surface area (Å²) in [6.45, 7) is 7.59. The molecule has 118 valence electrons. The summed E-state index contributed by atoms with van der Waals surface area (Å²) < 4.78 is 23.2. The van der Waals surface area contributed by atoms with E-state index in [1.165, 1.54) is 0 Å². The molecule has 0 aromatic rings. The molecule has 1 fully saturated rings. The molecule has 1 saturated heterocycles. The second-order valence-corrected chi connectivity index (χ2v) is 7.89. The van der Waals surface area contributed by atoms with Crippen LogP contribution in [0.1, 0.15) is 46.5 Å². The molecule has 1 aliphatic rings. The molecule has 0 bridgehead atoms. The van der Waals surface area contributed by atoms with Gasteiger partial charge in [0.1, 0.15) is 0 Å². The van der Waals surface area contributed by atoms with Crippen LogP contribution in [-0.4, -0.2) is 55.9 Å². The highest BCUT2D eigenvalue weighted by atomic mass is 32.2. The van der Waals surface area contributed by atoms with Crippen LogP contribution in [0.2, 0.25) is 0 Å². The molecule has 1 amide bonds. The maximum Gasteiger partial charge on any atom is 0.224 e. The SMILES string of the molecule is CCCCN(C(=O)CC(C)NCC)C1CCS(=O)(=O)C1. The van der Waals surface area contributed by atoms with E-state index in [9.17, 15) is 13.2 Å². The molecule has 1 aliphatic heterocycles. The van der Waals surface area contributed by atoms with Gasteiger partial charge in [0.05, 0.1) is 11.5 Å². The quantitative estimate of drug-likeness (QED) is 0.731. The maximum absolute atomic E-state index is 12.4. The van der Waals surface area contributed by atoms with Crippen LogP contribution in [0.15, 0.2) is 0 Å². The van der Waals surface area contributed by atoms with E-state index in [1.807, 2.05) is 18.7 Å². The third-order valence-corrected chi connectivity index (χ3v) is 5.51. The van der Waals surface area contributed by atoms with Gasteiger partial charge in [-0.25, -0.2) is 8.42 Å². The highest BCUT2D eigenvalue weighted by Gasteiger charge is 2.34. The number of unbranched alkanes of at least 4 members (excludes halogenated alkanes) is 1. The zero-order valence-corrected chi connectivity index (χ0v) is 13.7.